The van der Waals surface area contributed by atoms with Crippen LogP contribution < -0.4 is 5.56 Å². The smallest absolute Gasteiger partial charge is 0.262 e. The van der Waals surface area contributed by atoms with E-state index < -0.39 is 0 Å². The fraction of sp³-hybridized carbons (Fsp3) is 0.125. The number of nitrogens with zero attached hydrogens (tertiary/aromatic N) is 5. The van der Waals surface area contributed by atoms with E-state index in [1.165, 1.54) is 12.5 Å². The Balaban J connectivity index is 1.90. The van der Waals surface area contributed by atoms with Gasteiger partial charge in [-0.1, -0.05) is 12.1 Å². The Bertz CT molecular complexity index is 1070. The van der Waals surface area contributed by atoms with Gasteiger partial charge in [-0.25, -0.2) is 4.98 Å². The molecule has 1 N–H and O–H groups in total. The van der Waals surface area contributed by atoms with Gasteiger partial charge in [0.2, 0.25) is 0 Å². The second-order valence-electron chi connectivity index (χ2n) is 5.32. The molecule has 0 aliphatic carbocycles. The number of phenols is 1. The van der Waals surface area contributed by atoms with Crippen LogP contribution in [0.25, 0.3) is 16.7 Å². The van der Waals surface area contributed by atoms with E-state index in [9.17, 15) is 9.90 Å². The van der Waals surface area contributed by atoms with Crippen molar-refractivity contribution in [3.8, 4) is 5.75 Å². The lowest BCUT2D eigenvalue weighted by atomic mass is 10.1. The van der Waals surface area contributed by atoms with Gasteiger partial charge in [0.05, 0.1) is 16.9 Å². The number of aromatic nitrogens is 5. The Labute approximate surface area is 130 Å². The van der Waals surface area contributed by atoms with Gasteiger partial charge in [-0.2, -0.15) is 14.6 Å². The zero-order chi connectivity index (χ0) is 16.0. The summed E-state index contributed by atoms with van der Waals surface area (Å²) in [6.07, 6.45) is 4.68. The molecular formula is C16H13N5O2. The molecule has 3 aromatic heterocycles. The van der Waals surface area contributed by atoms with E-state index in [1.807, 2.05) is 13.0 Å². The molecule has 3 heterocycles. The summed E-state index contributed by atoms with van der Waals surface area (Å²) in [6, 6.07) is 8.48. The van der Waals surface area contributed by atoms with Crippen LogP contribution in [0.4, 0.5) is 0 Å². The molecule has 7 nitrogen and oxygen atoms in total. The highest BCUT2D eigenvalue weighted by molar-refractivity contribution is 5.78. The van der Waals surface area contributed by atoms with Gasteiger partial charge in [0.15, 0.2) is 0 Å². The zero-order valence-corrected chi connectivity index (χ0v) is 12.3. The topological polar surface area (TPSA) is 85.3 Å². The van der Waals surface area contributed by atoms with Gasteiger partial charge in [-0.3, -0.25) is 4.79 Å². The molecule has 23 heavy (non-hydrogen) atoms. The van der Waals surface area contributed by atoms with E-state index in [0.717, 1.165) is 5.56 Å². The molecule has 0 amide bonds. The fourth-order valence-corrected chi connectivity index (χ4v) is 2.70. The van der Waals surface area contributed by atoms with Crippen molar-refractivity contribution in [2.24, 2.45) is 0 Å². The average molecular weight is 307 g/mol. The fourth-order valence-electron chi connectivity index (χ4n) is 2.70. The van der Waals surface area contributed by atoms with E-state index in [0.29, 0.717) is 16.7 Å². The minimum Gasteiger partial charge on any atom is -0.508 e. The van der Waals surface area contributed by atoms with Gasteiger partial charge in [-0.05, 0) is 30.7 Å². The van der Waals surface area contributed by atoms with Crippen LogP contribution in [0.15, 0.2) is 53.8 Å². The van der Waals surface area contributed by atoms with E-state index in [4.69, 9.17) is 0 Å². The van der Waals surface area contributed by atoms with Crippen LogP contribution in [0.1, 0.15) is 18.5 Å². The third-order valence-electron chi connectivity index (χ3n) is 3.99. The molecule has 0 saturated carbocycles. The van der Waals surface area contributed by atoms with E-state index in [2.05, 4.69) is 15.1 Å². The van der Waals surface area contributed by atoms with Crippen LogP contribution in [0.2, 0.25) is 0 Å². The van der Waals surface area contributed by atoms with Crippen LogP contribution in [-0.2, 0) is 0 Å². The Morgan fingerprint density at radius 3 is 2.70 bits per heavy atom. The van der Waals surface area contributed by atoms with Crippen LogP contribution in [0.5, 0.6) is 5.75 Å². The highest BCUT2D eigenvalue weighted by Gasteiger charge is 2.13. The van der Waals surface area contributed by atoms with Crippen molar-refractivity contribution in [2.75, 3.05) is 0 Å². The maximum absolute atomic E-state index is 12.8. The molecule has 1 atom stereocenters. The van der Waals surface area contributed by atoms with Crippen molar-refractivity contribution in [2.45, 2.75) is 13.0 Å². The van der Waals surface area contributed by atoms with Gasteiger partial charge in [0.1, 0.15) is 12.1 Å². The van der Waals surface area contributed by atoms with Gasteiger partial charge in [0, 0.05) is 12.4 Å². The van der Waals surface area contributed by atoms with Crippen molar-refractivity contribution in [1.82, 2.24) is 24.1 Å². The third-order valence-corrected chi connectivity index (χ3v) is 3.99. The monoisotopic (exact) mass is 307 g/mol. The first-order chi connectivity index (χ1) is 11.1. The molecule has 0 aliphatic heterocycles. The summed E-state index contributed by atoms with van der Waals surface area (Å²) in [5.41, 5.74) is 1.46. The number of rotatable bonds is 2. The third kappa shape index (κ3) is 2.05. The summed E-state index contributed by atoms with van der Waals surface area (Å²) < 4.78 is 3.19. The molecular weight excluding hydrogens is 294 g/mol. The van der Waals surface area contributed by atoms with Gasteiger partial charge in [-0.15, -0.1) is 0 Å². The highest BCUT2D eigenvalue weighted by atomic mass is 16.3. The molecule has 0 spiro atoms. The number of aromatic hydroxyl groups is 1. The first-order valence-corrected chi connectivity index (χ1v) is 7.13. The lowest BCUT2D eigenvalue weighted by Crippen LogP contribution is -2.24. The number of benzene rings is 1. The maximum Gasteiger partial charge on any atom is 0.262 e. The minimum atomic E-state index is -0.168. The van der Waals surface area contributed by atoms with Crippen molar-refractivity contribution < 1.29 is 5.11 Å². The lowest BCUT2D eigenvalue weighted by Gasteiger charge is -2.16. The summed E-state index contributed by atoms with van der Waals surface area (Å²) in [7, 11) is 0. The van der Waals surface area contributed by atoms with Crippen molar-refractivity contribution in [3.63, 3.8) is 0 Å². The lowest BCUT2D eigenvalue weighted by molar-refractivity contribution is 0.474. The highest BCUT2D eigenvalue weighted by Crippen LogP contribution is 2.20. The van der Waals surface area contributed by atoms with Crippen LogP contribution in [0, 0.1) is 0 Å². The Hall–Kier alpha value is -3.22. The molecule has 4 rings (SSSR count). The van der Waals surface area contributed by atoms with E-state index in [-0.39, 0.29) is 17.4 Å². The molecule has 0 radical (unpaired) electrons. The molecule has 1 unspecified atom stereocenters. The number of phenolic OH excluding ortho intramolecular Hbond substituents is 1. The zero-order valence-electron chi connectivity index (χ0n) is 12.3. The normalized spacial score (nSPS) is 12.7. The van der Waals surface area contributed by atoms with Crippen molar-refractivity contribution in [3.05, 3.63) is 65.0 Å². The van der Waals surface area contributed by atoms with Crippen LogP contribution >= 0.6 is 0 Å². The molecule has 4 aromatic rings. The maximum atomic E-state index is 12.8. The molecule has 0 fully saturated rings. The van der Waals surface area contributed by atoms with E-state index >= 15 is 0 Å². The standard InChI is InChI=1S/C16H13N5O2/c1-10(11-2-4-12(22)5-3-11)20-7-6-14-13(15(20)23)8-17-16-18-9-19-21(14)16/h2-10,22H,1H3. The van der Waals surface area contributed by atoms with Crippen molar-refractivity contribution >= 4 is 16.7 Å². The Kier molecular flexibility index (Phi) is 2.87. The largest absolute Gasteiger partial charge is 0.508 e. The molecule has 0 bridgehead atoms. The van der Waals surface area contributed by atoms with Crippen molar-refractivity contribution in [1.29, 1.82) is 0 Å². The SMILES string of the molecule is CC(c1ccc(O)cc1)n1ccc2c(cnc3ncnn32)c1=O. The second-order valence-corrected chi connectivity index (χ2v) is 5.32. The first kappa shape index (κ1) is 13.4. The molecule has 0 aliphatic rings. The molecule has 114 valence electrons. The quantitative estimate of drug-likeness (QED) is 0.610. The molecule has 7 heteroatoms. The van der Waals surface area contributed by atoms with Gasteiger partial charge >= 0.3 is 0 Å². The molecule has 1 aromatic carbocycles. The predicted octanol–water partition coefficient (Wildman–Crippen LogP) is 1.75. The molecule has 0 saturated heterocycles. The number of pyridine rings is 1. The van der Waals surface area contributed by atoms with Crippen LogP contribution in [-0.4, -0.2) is 29.3 Å². The summed E-state index contributed by atoms with van der Waals surface area (Å²) in [5, 5.41) is 14.0. The summed E-state index contributed by atoms with van der Waals surface area (Å²) >= 11 is 0. The number of fused-ring (bicyclic) bond motifs is 3. The second kappa shape index (κ2) is 4.91. The first-order valence-electron chi connectivity index (χ1n) is 7.13. The average Bonchev–Trinajstić information content (AvgIpc) is 3.04. The van der Waals surface area contributed by atoms with E-state index in [1.54, 1.807) is 39.5 Å². The summed E-state index contributed by atoms with van der Waals surface area (Å²) in [6.45, 7) is 1.93. The minimum absolute atomic E-state index is 0.145. The summed E-state index contributed by atoms with van der Waals surface area (Å²) in [5.74, 6) is 0.658. The Morgan fingerprint density at radius 2 is 1.91 bits per heavy atom. The van der Waals surface area contributed by atoms with Gasteiger partial charge in [0.25, 0.3) is 11.3 Å². The predicted molar refractivity (Wildman–Crippen MR) is 84.5 cm³/mol. The summed E-state index contributed by atoms with van der Waals surface area (Å²) in [4.78, 5) is 21.0. The Morgan fingerprint density at radius 1 is 1.13 bits per heavy atom. The van der Waals surface area contributed by atoms with Gasteiger partial charge < -0.3 is 9.67 Å². The van der Waals surface area contributed by atoms with Crippen LogP contribution in [0.3, 0.4) is 0 Å². The number of hydrogen-bond acceptors (Lipinski definition) is 5. The number of hydrogen-bond donors (Lipinski definition) is 1.